The first-order valence-electron chi connectivity index (χ1n) is 6.81. The van der Waals surface area contributed by atoms with Gasteiger partial charge >= 0.3 is 0 Å². The minimum Gasteiger partial charge on any atom is -0.352 e. The van der Waals surface area contributed by atoms with Crippen molar-refractivity contribution < 1.29 is 9.59 Å². The quantitative estimate of drug-likeness (QED) is 0.928. The normalized spacial score (nSPS) is 15.3. The molecule has 5 nitrogen and oxygen atoms in total. The molecule has 6 heteroatoms. The molecule has 0 aromatic heterocycles. The van der Waals surface area contributed by atoms with Crippen LogP contribution in [0.2, 0.25) is 5.02 Å². The number of benzene rings is 1. The third-order valence-electron chi connectivity index (χ3n) is 3.46. The lowest BCUT2D eigenvalue weighted by molar-refractivity contribution is -0.121. The van der Waals surface area contributed by atoms with E-state index in [-0.39, 0.29) is 24.3 Å². The lowest BCUT2D eigenvalue weighted by atomic mass is 10.0. The zero-order valence-electron chi connectivity index (χ0n) is 11.5. The third kappa shape index (κ3) is 4.20. The van der Waals surface area contributed by atoms with E-state index in [9.17, 15) is 9.59 Å². The second-order valence-corrected chi connectivity index (χ2v) is 5.42. The summed E-state index contributed by atoms with van der Waals surface area (Å²) in [5.41, 5.74) is 0.578. The number of rotatable bonds is 3. The summed E-state index contributed by atoms with van der Waals surface area (Å²) in [5.74, 6) is -0.295. The number of likely N-dealkylation sites (tertiary alicyclic amines) is 1. The Labute approximate surface area is 128 Å². The Hall–Kier alpha value is -2.06. The van der Waals surface area contributed by atoms with Gasteiger partial charge in [0.2, 0.25) is 5.91 Å². The molecule has 110 valence electrons. The van der Waals surface area contributed by atoms with Crippen molar-refractivity contribution in [3.63, 3.8) is 0 Å². The molecule has 0 unspecified atom stereocenters. The van der Waals surface area contributed by atoms with Crippen molar-refractivity contribution in [2.24, 2.45) is 0 Å². The molecule has 1 aromatic rings. The predicted molar refractivity (Wildman–Crippen MR) is 78.8 cm³/mol. The summed E-state index contributed by atoms with van der Waals surface area (Å²) in [6.45, 7) is 1.17. The topological polar surface area (TPSA) is 73.2 Å². The Kier molecular flexibility index (Phi) is 5.18. The van der Waals surface area contributed by atoms with Crippen molar-refractivity contribution in [3.8, 4) is 6.07 Å². The molecule has 1 fully saturated rings. The van der Waals surface area contributed by atoms with E-state index in [4.69, 9.17) is 16.9 Å². The molecular formula is C15H16ClN3O2. The van der Waals surface area contributed by atoms with E-state index in [1.165, 1.54) is 0 Å². The zero-order chi connectivity index (χ0) is 15.2. The highest BCUT2D eigenvalue weighted by Gasteiger charge is 2.24. The molecule has 21 heavy (non-hydrogen) atoms. The second kappa shape index (κ2) is 7.09. The Morgan fingerprint density at radius 3 is 2.71 bits per heavy atom. The fraction of sp³-hybridized carbons (Fsp3) is 0.400. The van der Waals surface area contributed by atoms with Crippen LogP contribution in [0.1, 0.15) is 29.6 Å². The number of nitrogens with zero attached hydrogens (tertiary/aromatic N) is 2. The van der Waals surface area contributed by atoms with Crippen molar-refractivity contribution in [1.29, 1.82) is 5.26 Å². The SMILES string of the molecule is N#CCC(=O)NC1CCN(C(=O)c2cccc(Cl)c2)CC1. The maximum absolute atomic E-state index is 12.3. The number of piperidine rings is 1. The molecule has 1 saturated heterocycles. The first-order chi connectivity index (χ1) is 10.1. The summed E-state index contributed by atoms with van der Waals surface area (Å²) in [6, 6.07) is 8.75. The number of hydrogen-bond donors (Lipinski definition) is 1. The maximum Gasteiger partial charge on any atom is 0.253 e. The highest BCUT2D eigenvalue weighted by atomic mass is 35.5. The van der Waals surface area contributed by atoms with Crippen molar-refractivity contribution in [2.75, 3.05) is 13.1 Å². The zero-order valence-corrected chi connectivity index (χ0v) is 12.3. The second-order valence-electron chi connectivity index (χ2n) is 4.98. The fourth-order valence-corrected chi connectivity index (χ4v) is 2.57. The summed E-state index contributed by atoms with van der Waals surface area (Å²) in [6.07, 6.45) is 1.27. The average Bonchev–Trinajstić information content (AvgIpc) is 2.47. The van der Waals surface area contributed by atoms with Gasteiger partial charge in [-0.25, -0.2) is 0 Å². The molecule has 2 amide bonds. The van der Waals surface area contributed by atoms with Gasteiger partial charge in [0.15, 0.2) is 0 Å². The minimum atomic E-state index is -0.253. The van der Waals surface area contributed by atoms with Crippen LogP contribution in [0.15, 0.2) is 24.3 Å². The van der Waals surface area contributed by atoms with E-state index in [0.717, 1.165) is 0 Å². The van der Waals surface area contributed by atoms with Crippen LogP contribution in [0.25, 0.3) is 0 Å². The van der Waals surface area contributed by atoms with Gasteiger partial charge in [-0.1, -0.05) is 17.7 Å². The monoisotopic (exact) mass is 305 g/mol. The van der Waals surface area contributed by atoms with E-state index in [1.54, 1.807) is 29.2 Å². The van der Waals surface area contributed by atoms with Crippen LogP contribution in [-0.2, 0) is 4.79 Å². The minimum absolute atomic E-state index is 0.0364. The molecule has 0 bridgehead atoms. The number of carbonyl (C=O) groups is 2. The molecule has 0 saturated carbocycles. The summed E-state index contributed by atoms with van der Waals surface area (Å²) in [5, 5.41) is 11.8. The molecule has 1 heterocycles. The lowest BCUT2D eigenvalue weighted by Gasteiger charge is -2.32. The number of amides is 2. The van der Waals surface area contributed by atoms with Crippen LogP contribution >= 0.6 is 11.6 Å². The molecule has 1 N–H and O–H groups in total. The van der Waals surface area contributed by atoms with Crippen LogP contribution < -0.4 is 5.32 Å². The van der Waals surface area contributed by atoms with Gasteiger partial charge in [-0.2, -0.15) is 5.26 Å². The van der Waals surface area contributed by atoms with Gasteiger partial charge in [-0.05, 0) is 31.0 Å². The summed E-state index contributed by atoms with van der Waals surface area (Å²) >= 11 is 5.89. The Balaban J connectivity index is 1.88. The van der Waals surface area contributed by atoms with Gasteiger partial charge in [-0.3, -0.25) is 9.59 Å². The maximum atomic E-state index is 12.3. The average molecular weight is 306 g/mol. The van der Waals surface area contributed by atoms with Crippen LogP contribution in [0.3, 0.4) is 0 Å². The van der Waals surface area contributed by atoms with E-state index >= 15 is 0 Å². The number of carbonyl (C=O) groups excluding carboxylic acids is 2. The Bertz CT molecular complexity index is 575. The van der Waals surface area contributed by atoms with Gasteiger partial charge in [0.05, 0.1) is 6.07 Å². The van der Waals surface area contributed by atoms with Crippen molar-refractivity contribution in [3.05, 3.63) is 34.9 Å². The van der Waals surface area contributed by atoms with Gasteiger partial charge in [0.25, 0.3) is 5.91 Å². The smallest absolute Gasteiger partial charge is 0.253 e. The fourth-order valence-electron chi connectivity index (χ4n) is 2.38. The van der Waals surface area contributed by atoms with Crippen molar-refractivity contribution in [2.45, 2.75) is 25.3 Å². The van der Waals surface area contributed by atoms with Gasteiger partial charge in [0, 0.05) is 29.7 Å². The highest BCUT2D eigenvalue weighted by molar-refractivity contribution is 6.30. The van der Waals surface area contributed by atoms with Gasteiger partial charge < -0.3 is 10.2 Å². The molecule has 1 aliphatic heterocycles. The van der Waals surface area contributed by atoms with Crippen LogP contribution in [0.5, 0.6) is 0 Å². The van der Waals surface area contributed by atoms with E-state index in [0.29, 0.717) is 36.5 Å². The predicted octanol–water partition coefficient (Wildman–Crippen LogP) is 1.97. The molecular weight excluding hydrogens is 290 g/mol. The van der Waals surface area contributed by atoms with Crippen LogP contribution in [-0.4, -0.2) is 35.8 Å². The number of nitrogens with one attached hydrogen (secondary N) is 1. The van der Waals surface area contributed by atoms with Crippen LogP contribution in [0.4, 0.5) is 0 Å². The van der Waals surface area contributed by atoms with E-state index in [1.807, 2.05) is 6.07 Å². The molecule has 0 spiro atoms. The highest BCUT2D eigenvalue weighted by Crippen LogP contribution is 2.16. The molecule has 0 radical (unpaired) electrons. The first kappa shape index (κ1) is 15.3. The lowest BCUT2D eigenvalue weighted by Crippen LogP contribution is -2.46. The standard InChI is InChI=1S/C15H16ClN3O2/c16-12-3-1-2-11(10-12)15(21)19-8-5-13(6-9-19)18-14(20)4-7-17/h1-3,10,13H,4-6,8-9H2,(H,18,20). The number of nitriles is 1. The molecule has 0 atom stereocenters. The molecule has 2 rings (SSSR count). The Morgan fingerprint density at radius 1 is 1.38 bits per heavy atom. The first-order valence-corrected chi connectivity index (χ1v) is 7.19. The Morgan fingerprint density at radius 2 is 2.10 bits per heavy atom. The number of halogens is 1. The number of hydrogen-bond acceptors (Lipinski definition) is 3. The van der Waals surface area contributed by atoms with Crippen LogP contribution in [0, 0.1) is 11.3 Å². The van der Waals surface area contributed by atoms with Crippen molar-refractivity contribution in [1.82, 2.24) is 10.2 Å². The summed E-state index contributed by atoms with van der Waals surface area (Å²) in [7, 11) is 0. The summed E-state index contributed by atoms with van der Waals surface area (Å²) < 4.78 is 0. The molecule has 0 aliphatic carbocycles. The molecule has 1 aliphatic rings. The largest absolute Gasteiger partial charge is 0.352 e. The molecule has 1 aromatic carbocycles. The van der Waals surface area contributed by atoms with Gasteiger partial charge in [0.1, 0.15) is 6.42 Å². The van der Waals surface area contributed by atoms with E-state index < -0.39 is 0 Å². The van der Waals surface area contributed by atoms with Crippen molar-refractivity contribution >= 4 is 23.4 Å². The van der Waals surface area contributed by atoms with Gasteiger partial charge in [-0.15, -0.1) is 0 Å². The summed E-state index contributed by atoms with van der Waals surface area (Å²) in [4.78, 5) is 25.4. The van der Waals surface area contributed by atoms with E-state index in [2.05, 4.69) is 5.32 Å². The third-order valence-corrected chi connectivity index (χ3v) is 3.69.